The third-order valence-electron chi connectivity index (χ3n) is 4.25. The first-order chi connectivity index (χ1) is 13.5. The maximum Gasteiger partial charge on any atom is 0.573 e. The van der Waals surface area contributed by atoms with Crippen molar-refractivity contribution in [2.45, 2.75) is 12.4 Å². The highest BCUT2D eigenvalue weighted by Gasteiger charge is 2.31. The molecule has 4 rings (SSSR count). The van der Waals surface area contributed by atoms with Crippen LogP contribution in [0.1, 0.15) is 0 Å². The summed E-state index contributed by atoms with van der Waals surface area (Å²) < 4.78 is 47.8. The van der Waals surface area contributed by atoms with E-state index in [0.29, 0.717) is 22.6 Å². The predicted octanol–water partition coefficient (Wildman–Crippen LogP) is 3.87. The van der Waals surface area contributed by atoms with Gasteiger partial charge in [-0.25, -0.2) is 4.98 Å². The van der Waals surface area contributed by atoms with Gasteiger partial charge in [-0.3, -0.25) is 4.98 Å². The third-order valence-corrected chi connectivity index (χ3v) is 5.31. The molecule has 1 atom stereocenters. The number of hydrogen-bond acceptors (Lipinski definition) is 7. The Kier molecular flexibility index (Phi) is 6.66. The van der Waals surface area contributed by atoms with Gasteiger partial charge in [0.15, 0.2) is 5.13 Å². The lowest BCUT2D eigenvalue weighted by atomic mass is 10.2. The molecule has 0 aliphatic carbocycles. The molecular weight excluding hydrogens is 429 g/mol. The van der Waals surface area contributed by atoms with Gasteiger partial charge in [0.2, 0.25) is 0 Å². The molecule has 0 amide bonds. The van der Waals surface area contributed by atoms with Crippen molar-refractivity contribution in [3.05, 3.63) is 42.7 Å². The van der Waals surface area contributed by atoms with E-state index in [0.717, 1.165) is 24.8 Å². The fourth-order valence-corrected chi connectivity index (χ4v) is 4.09. The maximum atomic E-state index is 12.4. The highest BCUT2D eigenvalue weighted by atomic mass is 35.5. The van der Waals surface area contributed by atoms with Gasteiger partial charge in [-0.1, -0.05) is 11.3 Å². The van der Waals surface area contributed by atoms with Gasteiger partial charge >= 0.3 is 6.36 Å². The van der Waals surface area contributed by atoms with Crippen molar-refractivity contribution in [1.82, 2.24) is 15.3 Å². The molecule has 1 fully saturated rings. The van der Waals surface area contributed by atoms with E-state index >= 15 is 0 Å². The summed E-state index contributed by atoms with van der Waals surface area (Å²) >= 11 is 1.34. The van der Waals surface area contributed by atoms with E-state index in [1.165, 1.54) is 23.5 Å². The lowest BCUT2D eigenvalue weighted by molar-refractivity contribution is -0.274. The molecule has 0 saturated carbocycles. The van der Waals surface area contributed by atoms with Crippen LogP contribution in [0.5, 0.6) is 11.5 Å². The Hall–Kier alpha value is -2.30. The molecule has 1 aliphatic rings. The van der Waals surface area contributed by atoms with Crippen LogP contribution in [0.15, 0.2) is 42.7 Å². The van der Waals surface area contributed by atoms with Crippen LogP contribution in [0, 0.1) is 0 Å². The number of nitrogens with zero attached hydrogens (tertiary/aromatic N) is 3. The van der Waals surface area contributed by atoms with Crippen LogP contribution >= 0.6 is 23.7 Å². The van der Waals surface area contributed by atoms with Crippen LogP contribution in [-0.2, 0) is 0 Å². The fourth-order valence-electron chi connectivity index (χ4n) is 3.00. The standard InChI is InChI=1S/C18H17F3N4O2S.ClH/c19-18(20,21)27-13-3-4-15-16(8-13)28-17(24-15)25-7-6-23-9-12(25)11-26-14-2-1-5-22-10-14;/h1-5,8,10,12,23H,6-7,9,11H2;1H. The zero-order valence-corrected chi connectivity index (χ0v) is 16.7. The van der Waals surface area contributed by atoms with Gasteiger partial charge in [-0.2, -0.15) is 0 Å². The smallest absolute Gasteiger partial charge is 0.490 e. The number of alkyl halides is 3. The molecule has 0 spiro atoms. The van der Waals surface area contributed by atoms with Crippen molar-refractivity contribution in [3.63, 3.8) is 0 Å². The molecule has 3 aromatic rings. The van der Waals surface area contributed by atoms with Crippen molar-refractivity contribution in [2.75, 3.05) is 31.1 Å². The van der Waals surface area contributed by atoms with Crippen molar-refractivity contribution in [3.8, 4) is 11.5 Å². The summed E-state index contributed by atoms with van der Waals surface area (Å²) in [5.41, 5.74) is 0.639. The summed E-state index contributed by atoms with van der Waals surface area (Å²) in [5.74, 6) is 0.443. The number of aromatic nitrogens is 2. The number of pyridine rings is 1. The summed E-state index contributed by atoms with van der Waals surface area (Å²) in [7, 11) is 0. The van der Waals surface area contributed by atoms with Gasteiger partial charge in [-0.05, 0) is 24.3 Å². The van der Waals surface area contributed by atoms with Crippen LogP contribution in [0.4, 0.5) is 18.3 Å². The molecule has 1 N–H and O–H groups in total. The topological polar surface area (TPSA) is 59.5 Å². The van der Waals surface area contributed by atoms with Crippen molar-refractivity contribution < 1.29 is 22.6 Å². The molecule has 1 unspecified atom stereocenters. The molecule has 29 heavy (non-hydrogen) atoms. The van der Waals surface area contributed by atoms with E-state index in [-0.39, 0.29) is 24.2 Å². The Morgan fingerprint density at radius 3 is 2.86 bits per heavy atom. The van der Waals surface area contributed by atoms with Crippen LogP contribution in [0.25, 0.3) is 10.2 Å². The van der Waals surface area contributed by atoms with E-state index in [2.05, 4.69) is 24.9 Å². The van der Waals surface area contributed by atoms with Crippen LogP contribution in [0.3, 0.4) is 0 Å². The molecular formula is C18H18ClF3N4O2S. The summed E-state index contributed by atoms with van der Waals surface area (Å²) in [6.07, 6.45) is -1.38. The second kappa shape index (κ2) is 9.02. The predicted molar refractivity (Wildman–Crippen MR) is 107 cm³/mol. The number of rotatable bonds is 5. The van der Waals surface area contributed by atoms with E-state index in [1.807, 2.05) is 6.07 Å². The Labute approximate surface area is 175 Å². The monoisotopic (exact) mass is 446 g/mol. The zero-order chi connectivity index (χ0) is 19.6. The molecule has 11 heteroatoms. The first-order valence-corrected chi connectivity index (χ1v) is 9.46. The van der Waals surface area contributed by atoms with Gasteiger partial charge in [0.1, 0.15) is 18.1 Å². The largest absolute Gasteiger partial charge is 0.573 e. The SMILES string of the molecule is Cl.FC(F)(F)Oc1ccc2nc(N3CCNCC3COc3cccnc3)sc2c1. The Morgan fingerprint density at radius 1 is 1.24 bits per heavy atom. The lowest BCUT2D eigenvalue weighted by Gasteiger charge is -2.35. The number of halogens is 4. The average Bonchev–Trinajstić information content (AvgIpc) is 3.09. The van der Waals surface area contributed by atoms with Crippen molar-refractivity contribution >= 4 is 39.1 Å². The number of benzene rings is 1. The number of fused-ring (bicyclic) bond motifs is 1. The van der Waals surface area contributed by atoms with E-state index < -0.39 is 6.36 Å². The lowest BCUT2D eigenvalue weighted by Crippen LogP contribution is -2.54. The van der Waals surface area contributed by atoms with Gasteiger partial charge in [0.25, 0.3) is 0 Å². The summed E-state index contributed by atoms with van der Waals surface area (Å²) in [6.45, 7) is 2.68. The summed E-state index contributed by atoms with van der Waals surface area (Å²) in [5, 5.41) is 4.08. The number of anilines is 1. The van der Waals surface area contributed by atoms with Crippen molar-refractivity contribution in [2.24, 2.45) is 0 Å². The number of piperazine rings is 1. The molecule has 2 aromatic heterocycles. The molecule has 6 nitrogen and oxygen atoms in total. The van der Waals surface area contributed by atoms with Gasteiger partial charge in [0.05, 0.1) is 22.5 Å². The van der Waals surface area contributed by atoms with E-state index in [1.54, 1.807) is 24.5 Å². The van der Waals surface area contributed by atoms with Gasteiger partial charge in [-0.15, -0.1) is 25.6 Å². The average molecular weight is 447 g/mol. The van der Waals surface area contributed by atoms with E-state index in [4.69, 9.17) is 4.74 Å². The fraction of sp³-hybridized carbons (Fsp3) is 0.333. The van der Waals surface area contributed by atoms with Crippen molar-refractivity contribution in [1.29, 1.82) is 0 Å². The number of ether oxygens (including phenoxy) is 2. The molecule has 1 saturated heterocycles. The Morgan fingerprint density at radius 2 is 2.10 bits per heavy atom. The highest BCUT2D eigenvalue weighted by Crippen LogP contribution is 2.34. The minimum atomic E-state index is -4.71. The number of nitrogens with one attached hydrogen (secondary N) is 1. The van der Waals surface area contributed by atoms with Gasteiger partial charge in [0, 0.05) is 31.9 Å². The maximum absolute atomic E-state index is 12.4. The van der Waals surface area contributed by atoms with Gasteiger partial charge < -0.3 is 19.7 Å². The van der Waals surface area contributed by atoms with Crippen LogP contribution in [0.2, 0.25) is 0 Å². The normalized spacial score (nSPS) is 17.1. The van der Waals surface area contributed by atoms with Crippen LogP contribution in [-0.4, -0.2) is 48.6 Å². The van der Waals surface area contributed by atoms with Crippen LogP contribution < -0.4 is 19.7 Å². The number of thiazole rings is 1. The zero-order valence-electron chi connectivity index (χ0n) is 15.1. The summed E-state index contributed by atoms with van der Waals surface area (Å²) in [6, 6.07) is 7.88. The Bertz CT molecular complexity index is 942. The molecule has 0 radical (unpaired) electrons. The quantitative estimate of drug-likeness (QED) is 0.642. The first kappa shape index (κ1) is 21.4. The second-order valence-electron chi connectivity index (χ2n) is 6.22. The molecule has 156 valence electrons. The molecule has 0 bridgehead atoms. The number of hydrogen-bond donors (Lipinski definition) is 1. The first-order valence-electron chi connectivity index (χ1n) is 8.64. The van der Waals surface area contributed by atoms with E-state index in [9.17, 15) is 13.2 Å². The second-order valence-corrected chi connectivity index (χ2v) is 7.23. The molecule has 3 heterocycles. The third kappa shape index (κ3) is 5.40. The highest BCUT2D eigenvalue weighted by molar-refractivity contribution is 7.22. The molecule has 1 aliphatic heterocycles. The minimum absolute atomic E-state index is 0. The Balaban J connectivity index is 0.00000240. The molecule has 1 aromatic carbocycles. The summed E-state index contributed by atoms with van der Waals surface area (Å²) in [4.78, 5) is 10.7. The minimum Gasteiger partial charge on any atom is -0.490 e.